The molecule has 16 heavy (non-hydrogen) atoms. The summed E-state index contributed by atoms with van der Waals surface area (Å²) in [7, 11) is 1.79. The zero-order valence-corrected chi connectivity index (χ0v) is 8.99. The van der Waals surface area contributed by atoms with Gasteiger partial charge in [-0.15, -0.1) is 0 Å². The van der Waals surface area contributed by atoms with E-state index in [0.29, 0.717) is 10.9 Å². The largest absolute Gasteiger partial charge is 0.505 e. The van der Waals surface area contributed by atoms with Crippen molar-refractivity contribution in [1.29, 1.82) is 0 Å². The molecule has 1 aromatic carbocycles. The van der Waals surface area contributed by atoms with Crippen LogP contribution in [0.1, 0.15) is 11.3 Å². The third-order valence-electron chi connectivity index (χ3n) is 2.90. The van der Waals surface area contributed by atoms with E-state index >= 15 is 0 Å². The molecule has 0 amide bonds. The van der Waals surface area contributed by atoms with Crippen molar-refractivity contribution in [3.05, 3.63) is 29.2 Å². The molecule has 5 heteroatoms. The lowest BCUT2D eigenvalue weighted by atomic mass is 10.1. The van der Waals surface area contributed by atoms with Crippen LogP contribution in [-0.2, 0) is 18.5 Å². The fourth-order valence-electron chi connectivity index (χ4n) is 1.90. The van der Waals surface area contributed by atoms with Crippen LogP contribution in [0.25, 0.3) is 10.9 Å². The van der Waals surface area contributed by atoms with Crippen LogP contribution in [0.4, 0.5) is 4.39 Å². The van der Waals surface area contributed by atoms with Crippen molar-refractivity contribution in [2.75, 3.05) is 0 Å². The van der Waals surface area contributed by atoms with Gasteiger partial charge >= 0.3 is 0 Å². The van der Waals surface area contributed by atoms with Gasteiger partial charge in [0.1, 0.15) is 6.61 Å². The van der Waals surface area contributed by atoms with Gasteiger partial charge in [0.05, 0.1) is 5.52 Å². The number of aryl methyl sites for hydroxylation is 1. The van der Waals surface area contributed by atoms with Crippen LogP contribution < -0.4 is 0 Å². The number of phenols is 1. The highest BCUT2D eigenvalue weighted by Crippen LogP contribution is 2.30. The Labute approximate surface area is 91.4 Å². The maximum atomic E-state index is 13.2. The molecule has 2 rings (SSSR count). The highest BCUT2D eigenvalue weighted by Gasteiger charge is 2.14. The molecule has 0 aliphatic heterocycles. The van der Waals surface area contributed by atoms with E-state index in [1.807, 2.05) is 6.92 Å². The molecule has 2 N–H and O–H groups in total. The van der Waals surface area contributed by atoms with E-state index in [-0.39, 0.29) is 6.61 Å². The molecule has 0 saturated heterocycles. The number of halogens is 1. The molecule has 4 nitrogen and oxygen atoms in total. The van der Waals surface area contributed by atoms with Crippen LogP contribution in [0, 0.1) is 12.7 Å². The molecule has 0 unspecified atom stereocenters. The summed E-state index contributed by atoms with van der Waals surface area (Å²) in [6, 6.07) is 2.60. The topological polar surface area (TPSA) is 54.6 Å². The zero-order valence-electron chi connectivity index (χ0n) is 8.99. The minimum atomic E-state index is -0.662. The quantitative estimate of drug-likeness (QED) is 0.609. The van der Waals surface area contributed by atoms with E-state index in [1.54, 1.807) is 11.6 Å². The summed E-state index contributed by atoms with van der Waals surface area (Å²) in [5, 5.41) is 18.5. The van der Waals surface area contributed by atoms with Crippen LogP contribution in [0.2, 0.25) is 0 Å². The van der Waals surface area contributed by atoms with Crippen molar-refractivity contribution in [1.82, 2.24) is 4.57 Å². The molecule has 0 bridgehead atoms. The first-order chi connectivity index (χ1) is 7.56. The average molecular weight is 225 g/mol. The predicted molar refractivity (Wildman–Crippen MR) is 56.7 cm³/mol. The van der Waals surface area contributed by atoms with Gasteiger partial charge in [0.25, 0.3) is 0 Å². The first kappa shape index (κ1) is 10.9. The van der Waals surface area contributed by atoms with Crippen LogP contribution in [0.5, 0.6) is 5.75 Å². The summed E-state index contributed by atoms with van der Waals surface area (Å²) in [6.07, 6.45) is 0. The van der Waals surface area contributed by atoms with Gasteiger partial charge in [0, 0.05) is 29.8 Å². The van der Waals surface area contributed by atoms with E-state index in [2.05, 4.69) is 4.89 Å². The molecule has 1 aromatic heterocycles. The van der Waals surface area contributed by atoms with Gasteiger partial charge in [-0.1, -0.05) is 0 Å². The first-order valence-electron chi connectivity index (χ1n) is 4.79. The van der Waals surface area contributed by atoms with E-state index in [0.717, 1.165) is 11.3 Å². The fourth-order valence-corrected chi connectivity index (χ4v) is 1.90. The zero-order chi connectivity index (χ0) is 11.9. The third kappa shape index (κ3) is 1.45. The first-order valence-corrected chi connectivity index (χ1v) is 4.79. The number of aromatic hydroxyl groups is 1. The average Bonchev–Trinajstić information content (AvgIpc) is 2.46. The van der Waals surface area contributed by atoms with Gasteiger partial charge < -0.3 is 9.67 Å². The van der Waals surface area contributed by atoms with Crippen molar-refractivity contribution >= 4 is 10.9 Å². The molecule has 0 atom stereocenters. The molecule has 0 radical (unpaired) electrons. The Morgan fingerprint density at radius 2 is 2.12 bits per heavy atom. The number of nitrogens with zero attached hydrogens (tertiary/aromatic N) is 1. The van der Waals surface area contributed by atoms with Gasteiger partial charge in [0.15, 0.2) is 11.6 Å². The Morgan fingerprint density at radius 1 is 1.44 bits per heavy atom. The highest BCUT2D eigenvalue weighted by molar-refractivity contribution is 5.86. The number of hydrogen-bond donors (Lipinski definition) is 2. The maximum Gasteiger partial charge on any atom is 0.166 e. The van der Waals surface area contributed by atoms with Crippen LogP contribution in [0.15, 0.2) is 12.1 Å². The Morgan fingerprint density at radius 3 is 2.75 bits per heavy atom. The second-order valence-electron chi connectivity index (χ2n) is 3.72. The number of benzene rings is 1. The second-order valence-corrected chi connectivity index (χ2v) is 3.72. The molecular formula is C11H12FNO3. The van der Waals surface area contributed by atoms with E-state index in [4.69, 9.17) is 5.26 Å². The summed E-state index contributed by atoms with van der Waals surface area (Å²) in [4.78, 5) is 4.11. The lowest BCUT2D eigenvalue weighted by molar-refractivity contribution is -0.252. The lowest BCUT2D eigenvalue weighted by Gasteiger charge is -1.99. The summed E-state index contributed by atoms with van der Waals surface area (Å²) < 4.78 is 15.0. The number of phenolic OH excluding ortho intramolecular Hbond substituents is 1. The third-order valence-corrected chi connectivity index (χ3v) is 2.90. The molecule has 0 spiro atoms. The second kappa shape index (κ2) is 3.77. The lowest BCUT2D eigenvalue weighted by Crippen LogP contribution is -1.93. The molecule has 0 aliphatic carbocycles. The molecule has 0 saturated carbocycles. The molecule has 2 aromatic rings. The van der Waals surface area contributed by atoms with E-state index in [9.17, 15) is 9.50 Å². The van der Waals surface area contributed by atoms with Gasteiger partial charge in [0.2, 0.25) is 0 Å². The van der Waals surface area contributed by atoms with Crippen LogP contribution >= 0.6 is 0 Å². The number of hydrogen-bond acceptors (Lipinski definition) is 3. The molecule has 1 heterocycles. The number of rotatable bonds is 2. The number of fused-ring (bicyclic) bond motifs is 1. The summed E-state index contributed by atoms with van der Waals surface area (Å²) >= 11 is 0. The minimum absolute atomic E-state index is 0.00818. The molecular weight excluding hydrogens is 213 g/mol. The maximum absolute atomic E-state index is 13.2. The minimum Gasteiger partial charge on any atom is -0.505 e. The van der Waals surface area contributed by atoms with Gasteiger partial charge in [-0.25, -0.2) is 9.28 Å². The summed E-state index contributed by atoms with van der Waals surface area (Å²) in [5.41, 5.74) is 2.24. The monoisotopic (exact) mass is 225 g/mol. The van der Waals surface area contributed by atoms with Gasteiger partial charge in [-0.3, -0.25) is 5.26 Å². The van der Waals surface area contributed by atoms with Crippen LogP contribution in [0.3, 0.4) is 0 Å². The van der Waals surface area contributed by atoms with Crippen molar-refractivity contribution < 1.29 is 19.6 Å². The van der Waals surface area contributed by atoms with Crippen molar-refractivity contribution in [3.8, 4) is 5.75 Å². The van der Waals surface area contributed by atoms with Crippen LogP contribution in [-0.4, -0.2) is 14.9 Å². The number of aromatic nitrogens is 1. The Hall–Kier alpha value is -1.59. The SMILES string of the molecule is Cc1c(COO)c2cc(O)c(F)cc2n1C. The normalized spacial score (nSPS) is 11.2. The standard InChI is InChI=1S/C11H12FNO3/c1-6-8(5-16-15)7-3-11(14)9(12)4-10(7)13(6)2/h3-4,14-15H,5H2,1-2H3. The van der Waals surface area contributed by atoms with Crippen molar-refractivity contribution in [2.24, 2.45) is 7.05 Å². The highest BCUT2D eigenvalue weighted by atomic mass is 19.1. The van der Waals surface area contributed by atoms with Crippen molar-refractivity contribution in [2.45, 2.75) is 13.5 Å². The summed E-state index contributed by atoms with van der Waals surface area (Å²) in [5.74, 6) is -1.07. The smallest absolute Gasteiger partial charge is 0.166 e. The Bertz CT molecular complexity index is 548. The summed E-state index contributed by atoms with van der Waals surface area (Å²) in [6.45, 7) is 1.84. The Balaban J connectivity index is 2.80. The Kier molecular flexibility index (Phi) is 2.57. The predicted octanol–water partition coefficient (Wildman–Crippen LogP) is 2.32. The van der Waals surface area contributed by atoms with Crippen molar-refractivity contribution in [3.63, 3.8) is 0 Å². The fraction of sp³-hybridized carbons (Fsp3) is 0.273. The molecule has 0 fully saturated rings. The molecule has 0 aliphatic rings. The van der Waals surface area contributed by atoms with E-state index < -0.39 is 11.6 Å². The van der Waals surface area contributed by atoms with E-state index in [1.165, 1.54) is 12.1 Å². The molecule has 86 valence electrons. The van der Waals surface area contributed by atoms with Gasteiger partial charge in [-0.2, -0.15) is 0 Å². The van der Waals surface area contributed by atoms with Gasteiger partial charge in [-0.05, 0) is 13.0 Å².